The summed E-state index contributed by atoms with van der Waals surface area (Å²) in [6.07, 6.45) is 2.54. The van der Waals surface area contributed by atoms with Crippen LogP contribution in [0.5, 0.6) is 5.75 Å². The summed E-state index contributed by atoms with van der Waals surface area (Å²) >= 11 is 5.85. The van der Waals surface area contributed by atoms with Crippen molar-refractivity contribution in [2.45, 2.75) is 20.0 Å². The monoisotopic (exact) mass is 288 g/mol. The summed E-state index contributed by atoms with van der Waals surface area (Å²) in [4.78, 5) is 8.35. The van der Waals surface area contributed by atoms with Crippen molar-refractivity contribution in [2.24, 2.45) is 0 Å². The van der Waals surface area contributed by atoms with Crippen LogP contribution < -0.4 is 4.74 Å². The summed E-state index contributed by atoms with van der Waals surface area (Å²) in [5.74, 6) is 1.27. The molecule has 4 nitrogen and oxygen atoms in total. The van der Waals surface area contributed by atoms with E-state index in [9.17, 15) is 0 Å². The number of ether oxygens (including phenoxy) is 1. The predicted octanol–water partition coefficient (Wildman–Crippen LogP) is 4.02. The molecule has 0 radical (unpaired) electrons. The van der Waals surface area contributed by atoms with Gasteiger partial charge in [0.2, 0.25) is 11.6 Å². The van der Waals surface area contributed by atoms with Gasteiger partial charge in [-0.3, -0.25) is 0 Å². The molecule has 2 aromatic heterocycles. The largest absolute Gasteiger partial charge is 0.484 e. The summed E-state index contributed by atoms with van der Waals surface area (Å²) in [5.41, 5.74) is 2.38. The second-order valence-electron chi connectivity index (χ2n) is 4.37. The smallest absolute Gasteiger partial charge is 0.247 e. The maximum atomic E-state index is 5.85. The zero-order valence-electron chi connectivity index (χ0n) is 11.0. The molecule has 2 heterocycles. The van der Waals surface area contributed by atoms with E-state index >= 15 is 0 Å². The van der Waals surface area contributed by atoms with E-state index in [1.54, 1.807) is 6.07 Å². The molecule has 0 amide bonds. The van der Waals surface area contributed by atoms with Gasteiger partial charge < -0.3 is 9.15 Å². The highest BCUT2D eigenvalue weighted by atomic mass is 35.5. The fourth-order valence-electron chi connectivity index (χ4n) is 1.87. The van der Waals surface area contributed by atoms with Gasteiger partial charge in [-0.15, -0.1) is 0 Å². The molecule has 3 aromatic rings. The summed E-state index contributed by atoms with van der Waals surface area (Å²) < 4.78 is 11.1. The number of oxazole rings is 1. The Bertz CT molecular complexity index is 722. The second kappa shape index (κ2) is 5.51. The van der Waals surface area contributed by atoms with Crippen LogP contribution in [0, 0.1) is 0 Å². The number of benzene rings is 1. The molecule has 0 N–H and O–H groups in total. The highest BCUT2D eigenvalue weighted by Gasteiger charge is 2.08. The SMILES string of the molecule is CCc1ccc(OCc2nc3cc(Cl)cnc3o2)cc1. The maximum absolute atomic E-state index is 5.85. The number of fused-ring (bicyclic) bond motifs is 1. The lowest BCUT2D eigenvalue weighted by molar-refractivity contribution is 0.266. The van der Waals surface area contributed by atoms with Crippen LogP contribution in [0.3, 0.4) is 0 Å². The first-order chi connectivity index (χ1) is 9.74. The average molecular weight is 289 g/mol. The number of nitrogens with zero attached hydrogens (tertiary/aromatic N) is 2. The quantitative estimate of drug-likeness (QED) is 0.727. The van der Waals surface area contributed by atoms with Crippen molar-refractivity contribution in [3.05, 3.63) is 53.0 Å². The molecule has 0 aliphatic carbocycles. The molecule has 0 fully saturated rings. The van der Waals surface area contributed by atoms with Gasteiger partial charge in [0.05, 0.1) is 5.02 Å². The molecule has 0 bridgehead atoms. The Balaban J connectivity index is 1.72. The minimum Gasteiger partial charge on any atom is -0.484 e. The summed E-state index contributed by atoms with van der Waals surface area (Å²) in [6, 6.07) is 9.69. The van der Waals surface area contributed by atoms with Gasteiger partial charge >= 0.3 is 0 Å². The number of halogens is 1. The third-order valence-electron chi connectivity index (χ3n) is 2.95. The fourth-order valence-corrected chi connectivity index (χ4v) is 2.02. The van der Waals surface area contributed by atoms with E-state index in [4.69, 9.17) is 20.8 Å². The zero-order valence-corrected chi connectivity index (χ0v) is 11.7. The molecule has 102 valence electrons. The minimum atomic E-state index is 0.263. The van der Waals surface area contributed by atoms with Crippen LogP contribution in [0.2, 0.25) is 5.02 Å². The molecule has 1 aromatic carbocycles. The first kappa shape index (κ1) is 12.9. The van der Waals surface area contributed by atoms with Crippen molar-refractivity contribution in [1.29, 1.82) is 0 Å². The third kappa shape index (κ3) is 2.75. The topological polar surface area (TPSA) is 48.2 Å². The van der Waals surface area contributed by atoms with Crippen LogP contribution in [0.15, 0.2) is 40.9 Å². The number of aryl methyl sites for hydroxylation is 1. The lowest BCUT2D eigenvalue weighted by atomic mass is 10.2. The molecule has 0 aliphatic heterocycles. The van der Waals surface area contributed by atoms with E-state index in [0.29, 0.717) is 22.1 Å². The van der Waals surface area contributed by atoms with Gasteiger partial charge in [0, 0.05) is 6.20 Å². The Hall–Kier alpha value is -2.07. The Labute approximate surface area is 121 Å². The molecule has 0 aliphatic rings. The van der Waals surface area contributed by atoms with Gasteiger partial charge in [0.15, 0.2) is 6.61 Å². The molecule has 0 saturated carbocycles. The molecular weight excluding hydrogens is 276 g/mol. The van der Waals surface area contributed by atoms with Crippen LogP contribution in [-0.4, -0.2) is 9.97 Å². The van der Waals surface area contributed by atoms with Gasteiger partial charge in [0.1, 0.15) is 11.3 Å². The number of aromatic nitrogens is 2. The van der Waals surface area contributed by atoms with Gasteiger partial charge in [-0.25, -0.2) is 9.97 Å². The normalized spacial score (nSPS) is 10.9. The van der Waals surface area contributed by atoms with E-state index in [0.717, 1.165) is 12.2 Å². The molecule has 5 heteroatoms. The van der Waals surface area contributed by atoms with E-state index in [1.807, 2.05) is 24.3 Å². The number of pyridine rings is 1. The Kier molecular flexibility index (Phi) is 3.56. The molecule has 0 unspecified atom stereocenters. The van der Waals surface area contributed by atoms with Crippen LogP contribution >= 0.6 is 11.6 Å². The summed E-state index contributed by atoms with van der Waals surface area (Å²) in [7, 11) is 0. The van der Waals surface area contributed by atoms with Crippen LogP contribution in [-0.2, 0) is 13.0 Å². The van der Waals surface area contributed by atoms with E-state index in [1.165, 1.54) is 11.8 Å². The highest BCUT2D eigenvalue weighted by Crippen LogP contribution is 2.19. The maximum Gasteiger partial charge on any atom is 0.247 e. The molecule has 3 rings (SSSR count). The first-order valence-corrected chi connectivity index (χ1v) is 6.75. The standard InChI is InChI=1S/C15H13ClN2O2/c1-2-10-3-5-12(6-4-10)19-9-14-18-13-7-11(16)8-17-15(13)20-14/h3-8H,2,9H2,1H3. The van der Waals surface area contributed by atoms with Crippen molar-refractivity contribution in [3.8, 4) is 5.75 Å². The Morgan fingerprint density at radius 3 is 2.80 bits per heavy atom. The van der Waals surface area contributed by atoms with Crippen LogP contribution in [0.4, 0.5) is 0 Å². The van der Waals surface area contributed by atoms with E-state index in [-0.39, 0.29) is 6.61 Å². The van der Waals surface area contributed by atoms with Crippen molar-refractivity contribution in [1.82, 2.24) is 9.97 Å². The average Bonchev–Trinajstić information content (AvgIpc) is 2.87. The Morgan fingerprint density at radius 2 is 2.05 bits per heavy atom. The lowest BCUT2D eigenvalue weighted by Crippen LogP contribution is -1.95. The molecule has 0 atom stereocenters. The van der Waals surface area contributed by atoms with Crippen molar-refractivity contribution >= 4 is 22.8 Å². The van der Waals surface area contributed by atoms with Gasteiger partial charge in [-0.1, -0.05) is 30.7 Å². The fraction of sp³-hybridized carbons (Fsp3) is 0.200. The van der Waals surface area contributed by atoms with Crippen molar-refractivity contribution < 1.29 is 9.15 Å². The van der Waals surface area contributed by atoms with E-state index in [2.05, 4.69) is 16.9 Å². The predicted molar refractivity (Wildman–Crippen MR) is 77.0 cm³/mol. The number of hydrogen-bond acceptors (Lipinski definition) is 4. The van der Waals surface area contributed by atoms with Crippen LogP contribution in [0.1, 0.15) is 18.4 Å². The van der Waals surface area contributed by atoms with E-state index < -0.39 is 0 Å². The van der Waals surface area contributed by atoms with Crippen molar-refractivity contribution in [3.63, 3.8) is 0 Å². The summed E-state index contributed by atoms with van der Waals surface area (Å²) in [5, 5.41) is 0.536. The van der Waals surface area contributed by atoms with Gasteiger partial charge in [-0.05, 0) is 30.2 Å². The molecule has 0 spiro atoms. The van der Waals surface area contributed by atoms with Gasteiger partial charge in [-0.2, -0.15) is 0 Å². The molecular formula is C15H13ClN2O2. The highest BCUT2D eigenvalue weighted by molar-refractivity contribution is 6.30. The molecule has 0 saturated heterocycles. The molecule has 20 heavy (non-hydrogen) atoms. The van der Waals surface area contributed by atoms with Crippen molar-refractivity contribution in [2.75, 3.05) is 0 Å². The van der Waals surface area contributed by atoms with Crippen LogP contribution in [0.25, 0.3) is 11.2 Å². The second-order valence-corrected chi connectivity index (χ2v) is 4.81. The third-order valence-corrected chi connectivity index (χ3v) is 3.16. The summed E-state index contributed by atoms with van der Waals surface area (Å²) in [6.45, 7) is 2.38. The number of rotatable bonds is 4. The number of hydrogen-bond donors (Lipinski definition) is 0. The first-order valence-electron chi connectivity index (χ1n) is 6.37. The minimum absolute atomic E-state index is 0.263. The zero-order chi connectivity index (χ0) is 13.9. The van der Waals surface area contributed by atoms with Gasteiger partial charge in [0.25, 0.3) is 0 Å². The lowest BCUT2D eigenvalue weighted by Gasteiger charge is -2.03. The Morgan fingerprint density at radius 1 is 1.25 bits per heavy atom.